The zero-order valence-corrected chi connectivity index (χ0v) is 10.5. The van der Waals surface area contributed by atoms with Crippen molar-refractivity contribution in [2.24, 2.45) is 0 Å². The van der Waals surface area contributed by atoms with Crippen molar-refractivity contribution < 1.29 is 9.84 Å². The number of benzene rings is 1. The molecule has 3 nitrogen and oxygen atoms in total. The lowest BCUT2D eigenvalue weighted by molar-refractivity contribution is -0.0598. The minimum atomic E-state index is -0.397. The molecule has 0 aromatic heterocycles. The highest BCUT2D eigenvalue weighted by atomic mass is 16.5. The molecule has 1 aliphatic rings. The zero-order chi connectivity index (χ0) is 12.3. The predicted molar refractivity (Wildman–Crippen MR) is 69.3 cm³/mol. The summed E-state index contributed by atoms with van der Waals surface area (Å²) in [6, 6.07) is 10.4. The second-order valence-corrected chi connectivity index (χ2v) is 4.64. The van der Waals surface area contributed by atoms with Gasteiger partial charge in [0, 0.05) is 12.2 Å². The van der Waals surface area contributed by atoms with E-state index >= 15 is 0 Å². The van der Waals surface area contributed by atoms with Crippen molar-refractivity contribution >= 4 is 5.69 Å². The van der Waals surface area contributed by atoms with E-state index in [-0.39, 0.29) is 12.1 Å². The molecule has 0 unspecified atom stereocenters. The fourth-order valence-electron chi connectivity index (χ4n) is 2.50. The maximum absolute atomic E-state index is 10.1. The lowest BCUT2D eigenvalue weighted by atomic mass is 9.99. The molecule has 0 radical (unpaired) electrons. The van der Waals surface area contributed by atoms with Gasteiger partial charge in [-0.1, -0.05) is 18.2 Å². The average molecular weight is 235 g/mol. The lowest BCUT2D eigenvalue weighted by Gasteiger charge is -2.40. The summed E-state index contributed by atoms with van der Waals surface area (Å²) in [7, 11) is 0. The van der Waals surface area contributed by atoms with E-state index < -0.39 is 6.10 Å². The number of nitrogens with zero attached hydrogens (tertiary/aromatic N) is 1. The Morgan fingerprint density at radius 2 is 2.06 bits per heavy atom. The van der Waals surface area contributed by atoms with Crippen LogP contribution in [0.2, 0.25) is 0 Å². The first-order valence-electron chi connectivity index (χ1n) is 6.33. The van der Waals surface area contributed by atoms with Crippen LogP contribution in [0.3, 0.4) is 0 Å². The highest BCUT2D eigenvalue weighted by molar-refractivity contribution is 5.47. The second-order valence-electron chi connectivity index (χ2n) is 4.64. The van der Waals surface area contributed by atoms with Crippen LogP contribution in [0.1, 0.15) is 20.3 Å². The van der Waals surface area contributed by atoms with Crippen molar-refractivity contribution in [2.75, 3.05) is 18.1 Å². The van der Waals surface area contributed by atoms with Gasteiger partial charge in [-0.2, -0.15) is 0 Å². The Kier molecular flexibility index (Phi) is 4.02. The molecule has 1 N–H and O–H groups in total. The fourth-order valence-corrected chi connectivity index (χ4v) is 2.50. The Morgan fingerprint density at radius 1 is 1.35 bits per heavy atom. The predicted octanol–water partition coefficient (Wildman–Crippen LogP) is 2.05. The molecule has 94 valence electrons. The molecule has 1 fully saturated rings. The first-order valence-corrected chi connectivity index (χ1v) is 6.33. The van der Waals surface area contributed by atoms with Crippen LogP contribution < -0.4 is 4.90 Å². The Morgan fingerprint density at radius 3 is 2.71 bits per heavy atom. The third kappa shape index (κ3) is 2.79. The topological polar surface area (TPSA) is 32.7 Å². The molecule has 0 spiro atoms. The molecule has 1 saturated heterocycles. The van der Waals surface area contributed by atoms with Gasteiger partial charge in [0.1, 0.15) is 0 Å². The number of aliphatic hydroxyl groups excluding tert-OH is 1. The number of rotatable bonds is 3. The molecule has 1 aromatic carbocycles. The minimum absolute atomic E-state index is 0.158. The van der Waals surface area contributed by atoms with Crippen LogP contribution in [-0.2, 0) is 4.74 Å². The van der Waals surface area contributed by atoms with Crippen LogP contribution in [0.4, 0.5) is 5.69 Å². The quantitative estimate of drug-likeness (QED) is 0.870. The standard InChI is InChI=1S/C14H21NO2/c1-3-15(12-7-5-4-6-8-12)13-9-11(2)17-10-14(13)16/h4-8,11,13-14,16H,3,9-10H2,1-2H3/t11-,13-,14-/m0/s1. The summed E-state index contributed by atoms with van der Waals surface area (Å²) in [5, 5.41) is 10.1. The molecule has 0 saturated carbocycles. The summed E-state index contributed by atoms with van der Waals surface area (Å²) in [6.07, 6.45) is 0.705. The monoisotopic (exact) mass is 235 g/mol. The highest BCUT2D eigenvalue weighted by Crippen LogP contribution is 2.25. The molecule has 1 aliphatic heterocycles. The maximum atomic E-state index is 10.1. The van der Waals surface area contributed by atoms with E-state index in [1.807, 2.05) is 18.2 Å². The van der Waals surface area contributed by atoms with Gasteiger partial charge < -0.3 is 14.7 Å². The Hall–Kier alpha value is -1.06. The van der Waals surface area contributed by atoms with Crippen LogP contribution in [0.25, 0.3) is 0 Å². The van der Waals surface area contributed by atoms with Crippen molar-refractivity contribution in [1.29, 1.82) is 0 Å². The summed E-state index contributed by atoms with van der Waals surface area (Å²) < 4.78 is 5.47. The van der Waals surface area contributed by atoms with E-state index in [2.05, 4.69) is 30.9 Å². The average Bonchev–Trinajstić information content (AvgIpc) is 2.36. The second kappa shape index (κ2) is 5.52. The third-order valence-corrected chi connectivity index (χ3v) is 3.40. The minimum Gasteiger partial charge on any atom is -0.389 e. The third-order valence-electron chi connectivity index (χ3n) is 3.40. The molecule has 0 bridgehead atoms. The molecule has 0 aliphatic carbocycles. The van der Waals surface area contributed by atoms with Gasteiger partial charge in [0.15, 0.2) is 0 Å². The highest BCUT2D eigenvalue weighted by Gasteiger charge is 2.31. The van der Waals surface area contributed by atoms with Crippen molar-refractivity contribution in [1.82, 2.24) is 0 Å². The first kappa shape index (κ1) is 12.4. The van der Waals surface area contributed by atoms with E-state index in [0.717, 1.165) is 13.0 Å². The summed E-state index contributed by atoms with van der Waals surface area (Å²) in [6.45, 7) is 5.53. The van der Waals surface area contributed by atoms with Crippen molar-refractivity contribution in [3.63, 3.8) is 0 Å². The molecular formula is C14H21NO2. The molecule has 1 aromatic rings. The molecule has 17 heavy (non-hydrogen) atoms. The summed E-state index contributed by atoms with van der Waals surface area (Å²) in [5.41, 5.74) is 1.17. The number of para-hydroxylation sites is 1. The van der Waals surface area contributed by atoms with Crippen LogP contribution in [0.5, 0.6) is 0 Å². The van der Waals surface area contributed by atoms with Gasteiger partial charge in [-0.3, -0.25) is 0 Å². The summed E-state index contributed by atoms with van der Waals surface area (Å²) >= 11 is 0. The maximum Gasteiger partial charge on any atom is 0.0977 e. The normalized spacial score (nSPS) is 29.0. The van der Waals surface area contributed by atoms with Gasteiger partial charge in [-0.05, 0) is 32.4 Å². The Bertz CT molecular complexity index is 341. The Balaban J connectivity index is 2.17. The number of hydrogen-bond acceptors (Lipinski definition) is 3. The van der Waals surface area contributed by atoms with Gasteiger partial charge in [-0.15, -0.1) is 0 Å². The van der Waals surface area contributed by atoms with Crippen molar-refractivity contribution in [3.05, 3.63) is 30.3 Å². The smallest absolute Gasteiger partial charge is 0.0977 e. The fraction of sp³-hybridized carbons (Fsp3) is 0.571. The van der Waals surface area contributed by atoms with E-state index in [4.69, 9.17) is 4.74 Å². The molecule has 3 atom stereocenters. The summed E-state index contributed by atoms with van der Waals surface area (Å²) in [5.74, 6) is 0. The van der Waals surface area contributed by atoms with E-state index in [0.29, 0.717) is 6.61 Å². The van der Waals surface area contributed by atoms with Gasteiger partial charge in [0.25, 0.3) is 0 Å². The molecule has 2 rings (SSSR count). The molecule has 1 heterocycles. The number of ether oxygens (including phenoxy) is 1. The van der Waals surface area contributed by atoms with Crippen LogP contribution >= 0.6 is 0 Å². The number of aliphatic hydroxyl groups is 1. The van der Waals surface area contributed by atoms with Crippen LogP contribution in [0, 0.1) is 0 Å². The van der Waals surface area contributed by atoms with E-state index in [1.54, 1.807) is 0 Å². The zero-order valence-electron chi connectivity index (χ0n) is 10.5. The van der Waals surface area contributed by atoms with Crippen molar-refractivity contribution in [3.8, 4) is 0 Å². The number of hydrogen-bond donors (Lipinski definition) is 1. The van der Waals surface area contributed by atoms with E-state index in [9.17, 15) is 5.11 Å². The van der Waals surface area contributed by atoms with Crippen LogP contribution in [-0.4, -0.2) is 36.5 Å². The largest absolute Gasteiger partial charge is 0.389 e. The van der Waals surface area contributed by atoms with Crippen molar-refractivity contribution in [2.45, 2.75) is 38.5 Å². The van der Waals surface area contributed by atoms with Gasteiger partial charge in [-0.25, -0.2) is 0 Å². The van der Waals surface area contributed by atoms with Gasteiger partial charge >= 0.3 is 0 Å². The molecular weight excluding hydrogens is 214 g/mol. The first-order chi connectivity index (χ1) is 8.22. The lowest BCUT2D eigenvalue weighted by Crippen LogP contribution is -2.51. The van der Waals surface area contributed by atoms with Gasteiger partial charge in [0.2, 0.25) is 0 Å². The van der Waals surface area contributed by atoms with Gasteiger partial charge in [0.05, 0.1) is 24.9 Å². The number of anilines is 1. The van der Waals surface area contributed by atoms with Crippen LogP contribution in [0.15, 0.2) is 30.3 Å². The summed E-state index contributed by atoms with van der Waals surface area (Å²) in [4.78, 5) is 2.27. The SMILES string of the molecule is CCN(c1ccccc1)[C@H]1C[C@H](C)OC[C@@H]1O. The van der Waals surface area contributed by atoms with E-state index in [1.165, 1.54) is 5.69 Å². The molecule has 3 heteroatoms. The number of likely N-dealkylation sites (N-methyl/N-ethyl adjacent to an activating group) is 1. The Labute approximate surface area is 103 Å². The molecule has 0 amide bonds.